The standard InChI is InChI=1S/C15H16ClN5/c1-3-21-15(10(16)8-19-21)14(17-2)13-9-18-11-6-4-5-7-12(11)20-13/h4-9,14,17H,3H2,1-2H3. The zero-order valence-corrected chi connectivity index (χ0v) is 12.7. The van der Waals surface area contributed by atoms with Crippen molar-refractivity contribution in [2.75, 3.05) is 7.05 Å². The Morgan fingerprint density at radius 1 is 1.24 bits per heavy atom. The van der Waals surface area contributed by atoms with E-state index in [1.807, 2.05) is 42.9 Å². The zero-order valence-electron chi connectivity index (χ0n) is 11.9. The number of nitrogens with zero attached hydrogens (tertiary/aromatic N) is 4. The zero-order chi connectivity index (χ0) is 14.8. The third-order valence-corrected chi connectivity index (χ3v) is 3.75. The van der Waals surface area contributed by atoms with Crippen molar-refractivity contribution < 1.29 is 0 Å². The first-order valence-corrected chi connectivity index (χ1v) is 7.22. The summed E-state index contributed by atoms with van der Waals surface area (Å²) in [6.07, 6.45) is 3.45. The average Bonchev–Trinajstić information content (AvgIpc) is 2.89. The van der Waals surface area contributed by atoms with Gasteiger partial charge < -0.3 is 5.32 Å². The van der Waals surface area contributed by atoms with E-state index in [9.17, 15) is 0 Å². The monoisotopic (exact) mass is 301 g/mol. The van der Waals surface area contributed by atoms with Crippen LogP contribution in [0.4, 0.5) is 0 Å². The second-order valence-electron chi connectivity index (χ2n) is 4.70. The summed E-state index contributed by atoms with van der Waals surface area (Å²) in [5.74, 6) is 0. The average molecular weight is 302 g/mol. The molecule has 5 nitrogen and oxygen atoms in total. The second kappa shape index (κ2) is 5.79. The summed E-state index contributed by atoms with van der Waals surface area (Å²) in [4.78, 5) is 9.16. The van der Waals surface area contributed by atoms with E-state index < -0.39 is 0 Å². The van der Waals surface area contributed by atoms with Crippen LogP contribution in [-0.4, -0.2) is 26.8 Å². The van der Waals surface area contributed by atoms with Crippen LogP contribution in [0, 0.1) is 0 Å². The number of aryl methyl sites for hydroxylation is 1. The summed E-state index contributed by atoms with van der Waals surface area (Å²) < 4.78 is 1.88. The number of halogens is 1. The fourth-order valence-electron chi connectivity index (χ4n) is 2.45. The van der Waals surface area contributed by atoms with Crippen LogP contribution in [-0.2, 0) is 6.54 Å². The van der Waals surface area contributed by atoms with Crippen LogP contribution >= 0.6 is 11.6 Å². The number of fused-ring (bicyclic) bond motifs is 1. The van der Waals surface area contributed by atoms with E-state index in [1.165, 1.54) is 0 Å². The molecule has 2 heterocycles. The summed E-state index contributed by atoms with van der Waals surface area (Å²) in [5, 5.41) is 8.17. The molecule has 0 aliphatic heterocycles. The fraction of sp³-hybridized carbons (Fsp3) is 0.267. The van der Waals surface area contributed by atoms with Gasteiger partial charge >= 0.3 is 0 Å². The molecular weight excluding hydrogens is 286 g/mol. The van der Waals surface area contributed by atoms with Crippen LogP contribution in [0.3, 0.4) is 0 Å². The van der Waals surface area contributed by atoms with Gasteiger partial charge in [0.1, 0.15) is 0 Å². The fourth-order valence-corrected chi connectivity index (χ4v) is 2.70. The van der Waals surface area contributed by atoms with Crippen molar-refractivity contribution in [2.45, 2.75) is 19.5 Å². The minimum absolute atomic E-state index is 0.142. The predicted octanol–water partition coefficient (Wildman–Crippen LogP) is 2.81. The predicted molar refractivity (Wildman–Crippen MR) is 83.4 cm³/mol. The van der Waals surface area contributed by atoms with E-state index in [1.54, 1.807) is 12.4 Å². The van der Waals surface area contributed by atoms with Gasteiger partial charge in [-0.25, -0.2) is 4.98 Å². The molecule has 0 bridgehead atoms. The maximum Gasteiger partial charge on any atom is 0.0950 e. The van der Waals surface area contributed by atoms with Crippen molar-refractivity contribution in [3.63, 3.8) is 0 Å². The number of aromatic nitrogens is 4. The summed E-state index contributed by atoms with van der Waals surface area (Å²) in [5.41, 5.74) is 3.49. The molecule has 1 aromatic carbocycles. The molecule has 0 amide bonds. The highest BCUT2D eigenvalue weighted by Gasteiger charge is 2.22. The van der Waals surface area contributed by atoms with E-state index in [2.05, 4.69) is 15.4 Å². The van der Waals surface area contributed by atoms with Gasteiger partial charge in [-0.2, -0.15) is 5.10 Å². The minimum atomic E-state index is -0.142. The lowest BCUT2D eigenvalue weighted by Crippen LogP contribution is -2.23. The number of benzene rings is 1. The lowest BCUT2D eigenvalue weighted by molar-refractivity contribution is 0.556. The molecule has 0 fully saturated rings. The van der Waals surface area contributed by atoms with Gasteiger partial charge in [-0.3, -0.25) is 9.67 Å². The van der Waals surface area contributed by atoms with Gasteiger partial charge in [0.25, 0.3) is 0 Å². The normalized spacial score (nSPS) is 12.7. The van der Waals surface area contributed by atoms with Crippen molar-refractivity contribution in [3.8, 4) is 0 Å². The van der Waals surface area contributed by atoms with Crippen molar-refractivity contribution in [1.82, 2.24) is 25.1 Å². The Morgan fingerprint density at radius 2 is 2.00 bits per heavy atom. The topological polar surface area (TPSA) is 55.6 Å². The van der Waals surface area contributed by atoms with Crippen LogP contribution in [0.15, 0.2) is 36.7 Å². The Labute approximate surface area is 128 Å². The Kier molecular flexibility index (Phi) is 3.86. The SMILES string of the molecule is CCn1ncc(Cl)c1C(NC)c1cnc2ccccc2n1. The van der Waals surface area contributed by atoms with E-state index in [4.69, 9.17) is 16.6 Å². The highest BCUT2D eigenvalue weighted by Crippen LogP contribution is 2.27. The molecule has 0 saturated carbocycles. The van der Waals surface area contributed by atoms with Crippen molar-refractivity contribution in [2.24, 2.45) is 0 Å². The van der Waals surface area contributed by atoms with Gasteiger partial charge in [-0.15, -0.1) is 0 Å². The van der Waals surface area contributed by atoms with Gasteiger partial charge in [-0.1, -0.05) is 23.7 Å². The molecule has 0 aliphatic rings. The molecule has 1 N–H and O–H groups in total. The molecular formula is C15H16ClN5. The Morgan fingerprint density at radius 3 is 2.71 bits per heavy atom. The smallest absolute Gasteiger partial charge is 0.0950 e. The third kappa shape index (κ3) is 2.50. The molecule has 3 rings (SSSR count). The summed E-state index contributed by atoms with van der Waals surface area (Å²) in [7, 11) is 1.88. The molecule has 108 valence electrons. The molecule has 1 atom stereocenters. The van der Waals surface area contributed by atoms with E-state index >= 15 is 0 Å². The molecule has 0 saturated heterocycles. The first kappa shape index (κ1) is 14.0. The number of para-hydroxylation sites is 2. The molecule has 6 heteroatoms. The van der Waals surface area contributed by atoms with Crippen LogP contribution < -0.4 is 5.32 Å². The van der Waals surface area contributed by atoms with Gasteiger partial charge in [0.15, 0.2) is 0 Å². The molecule has 2 aromatic heterocycles. The van der Waals surface area contributed by atoms with Gasteiger partial charge in [0, 0.05) is 6.54 Å². The highest BCUT2D eigenvalue weighted by atomic mass is 35.5. The van der Waals surface area contributed by atoms with Crippen LogP contribution in [0.1, 0.15) is 24.4 Å². The minimum Gasteiger partial charge on any atom is -0.307 e. The number of hydrogen-bond donors (Lipinski definition) is 1. The summed E-state index contributed by atoms with van der Waals surface area (Å²) in [6, 6.07) is 7.67. The van der Waals surface area contributed by atoms with E-state index in [0.717, 1.165) is 29.0 Å². The largest absolute Gasteiger partial charge is 0.307 e. The second-order valence-corrected chi connectivity index (χ2v) is 5.11. The van der Waals surface area contributed by atoms with Crippen molar-refractivity contribution >= 4 is 22.6 Å². The number of rotatable bonds is 4. The molecule has 0 aliphatic carbocycles. The van der Waals surface area contributed by atoms with E-state index in [0.29, 0.717) is 5.02 Å². The highest BCUT2D eigenvalue weighted by molar-refractivity contribution is 6.31. The molecule has 1 unspecified atom stereocenters. The maximum absolute atomic E-state index is 6.29. The lowest BCUT2D eigenvalue weighted by atomic mass is 10.1. The molecule has 21 heavy (non-hydrogen) atoms. The third-order valence-electron chi connectivity index (χ3n) is 3.46. The Bertz CT molecular complexity index is 768. The van der Waals surface area contributed by atoms with E-state index in [-0.39, 0.29) is 6.04 Å². The summed E-state index contributed by atoms with van der Waals surface area (Å²) >= 11 is 6.29. The van der Waals surface area contributed by atoms with Crippen molar-refractivity contribution in [3.05, 3.63) is 53.1 Å². The number of hydrogen-bond acceptors (Lipinski definition) is 4. The van der Waals surface area contributed by atoms with Crippen molar-refractivity contribution in [1.29, 1.82) is 0 Å². The number of nitrogens with one attached hydrogen (secondary N) is 1. The van der Waals surface area contributed by atoms with Gasteiger partial charge in [-0.05, 0) is 26.1 Å². The first-order valence-electron chi connectivity index (χ1n) is 6.84. The lowest BCUT2D eigenvalue weighted by Gasteiger charge is -2.17. The quantitative estimate of drug-likeness (QED) is 0.805. The Balaban J connectivity index is 2.11. The molecule has 0 spiro atoms. The first-order chi connectivity index (χ1) is 10.2. The van der Waals surface area contributed by atoms with Crippen LogP contribution in [0.2, 0.25) is 5.02 Å². The maximum atomic E-state index is 6.29. The van der Waals surface area contributed by atoms with Crippen LogP contribution in [0.25, 0.3) is 11.0 Å². The molecule has 0 radical (unpaired) electrons. The Hall–Kier alpha value is -1.98. The van der Waals surface area contributed by atoms with Crippen LogP contribution in [0.5, 0.6) is 0 Å². The molecule has 3 aromatic rings. The van der Waals surface area contributed by atoms with Gasteiger partial charge in [0.2, 0.25) is 0 Å². The summed E-state index contributed by atoms with van der Waals surface area (Å²) in [6.45, 7) is 2.78. The van der Waals surface area contributed by atoms with Gasteiger partial charge in [0.05, 0.1) is 45.9 Å².